The number of aromatic nitrogens is 1. The maximum Gasteiger partial charge on any atom is 0.262 e. The van der Waals surface area contributed by atoms with Crippen LogP contribution < -0.4 is 14.2 Å². The number of amides is 1. The number of carbonyl (C=O) groups excluding carboxylic acids is 1. The number of hydrogen-bond donors (Lipinski definition) is 2. The molecule has 0 unspecified atom stereocenters. The molecular weight excluding hydrogens is 466 g/mol. The first-order valence-electron chi connectivity index (χ1n) is 11.4. The number of nitrogens with zero attached hydrogens (tertiary/aromatic N) is 1. The number of ether oxygens (including phenoxy) is 2. The summed E-state index contributed by atoms with van der Waals surface area (Å²) in [4.78, 5) is 18.6. The minimum absolute atomic E-state index is 0.0568. The molecule has 0 saturated heterocycles. The van der Waals surface area contributed by atoms with Gasteiger partial charge in [-0.3, -0.25) is 9.52 Å². The van der Waals surface area contributed by atoms with E-state index >= 15 is 0 Å². The van der Waals surface area contributed by atoms with Crippen LogP contribution in [0.2, 0.25) is 0 Å². The predicted octanol–water partition coefficient (Wildman–Crippen LogP) is 3.94. The third-order valence-electron chi connectivity index (χ3n) is 6.36. The van der Waals surface area contributed by atoms with E-state index in [2.05, 4.69) is 15.8 Å². The van der Waals surface area contributed by atoms with Gasteiger partial charge in [0, 0.05) is 59.0 Å². The fourth-order valence-corrected chi connectivity index (χ4v) is 5.71. The number of nitrogens with one attached hydrogen (secondary N) is 2. The highest BCUT2D eigenvalue weighted by atomic mass is 32.2. The maximum atomic E-state index is 13.3. The van der Waals surface area contributed by atoms with Crippen molar-refractivity contribution in [1.29, 1.82) is 0 Å². The third kappa shape index (κ3) is 3.97. The first-order valence-corrected chi connectivity index (χ1v) is 12.9. The molecule has 3 heterocycles. The molecule has 8 nitrogen and oxygen atoms in total. The second-order valence-electron chi connectivity index (χ2n) is 8.60. The molecule has 35 heavy (non-hydrogen) atoms. The molecule has 9 heteroatoms. The quantitative estimate of drug-likeness (QED) is 0.452. The van der Waals surface area contributed by atoms with Gasteiger partial charge >= 0.3 is 0 Å². The monoisotopic (exact) mass is 489 g/mol. The Morgan fingerprint density at radius 3 is 2.66 bits per heavy atom. The number of anilines is 1. The zero-order chi connectivity index (χ0) is 24.0. The Kier molecular flexibility index (Phi) is 5.14. The SMILES string of the molecule is O=C(c1cccc(NS(=O)(=O)c2ccc3c(c2)OCCO3)c1)N1CCc2[nH]c3ccccc3c2C1. The predicted molar refractivity (Wildman–Crippen MR) is 131 cm³/mol. The van der Waals surface area contributed by atoms with Crippen LogP contribution in [0.15, 0.2) is 71.6 Å². The molecule has 0 atom stereocenters. The molecule has 0 radical (unpaired) electrons. The molecule has 1 amide bonds. The fraction of sp³-hybridized carbons (Fsp3) is 0.192. The summed E-state index contributed by atoms with van der Waals surface area (Å²) in [5.74, 6) is 0.772. The van der Waals surface area contributed by atoms with E-state index in [1.807, 2.05) is 18.2 Å². The van der Waals surface area contributed by atoms with Gasteiger partial charge in [0.15, 0.2) is 11.5 Å². The van der Waals surface area contributed by atoms with Gasteiger partial charge in [0.1, 0.15) is 13.2 Å². The van der Waals surface area contributed by atoms with Crippen molar-refractivity contribution in [2.75, 3.05) is 24.5 Å². The lowest BCUT2D eigenvalue weighted by molar-refractivity contribution is 0.0735. The Morgan fingerprint density at radius 2 is 1.77 bits per heavy atom. The Morgan fingerprint density at radius 1 is 0.943 bits per heavy atom. The number of aromatic amines is 1. The van der Waals surface area contributed by atoms with E-state index in [1.54, 1.807) is 35.2 Å². The average molecular weight is 490 g/mol. The summed E-state index contributed by atoms with van der Waals surface area (Å²) in [5.41, 5.74) is 4.11. The van der Waals surface area contributed by atoms with E-state index in [-0.39, 0.29) is 10.8 Å². The molecule has 0 fully saturated rings. The summed E-state index contributed by atoms with van der Waals surface area (Å²) in [6, 6.07) is 19.2. The molecule has 2 aliphatic rings. The molecular formula is C26H23N3O5S. The van der Waals surface area contributed by atoms with Crippen LogP contribution in [-0.2, 0) is 23.0 Å². The van der Waals surface area contributed by atoms with Crippen molar-refractivity contribution in [2.45, 2.75) is 17.9 Å². The van der Waals surface area contributed by atoms with Crippen LogP contribution in [0.25, 0.3) is 10.9 Å². The number of hydrogen-bond acceptors (Lipinski definition) is 5. The van der Waals surface area contributed by atoms with Gasteiger partial charge in [0.05, 0.1) is 4.90 Å². The van der Waals surface area contributed by atoms with Crippen LogP contribution in [-0.4, -0.2) is 44.0 Å². The van der Waals surface area contributed by atoms with Gasteiger partial charge in [-0.05, 0) is 36.4 Å². The van der Waals surface area contributed by atoms with Crippen LogP contribution in [0, 0.1) is 0 Å². The second-order valence-corrected chi connectivity index (χ2v) is 10.3. The topological polar surface area (TPSA) is 101 Å². The van der Waals surface area contributed by atoms with Gasteiger partial charge in [-0.1, -0.05) is 24.3 Å². The summed E-state index contributed by atoms with van der Waals surface area (Å²) in [5, 5.41) is 1.13. The van der Waals surface area contributed by atoms with Gasteiger partial charge in [0.25, 0.3) is 15.9 Å². The third-order valence-corrected chi connectivity index (χ3v) is 7.73. The first-order chi connectivity index (χ1) is 17.0. The van der Waals surface area contributed by atoms with Crippen molar-refractivity contribution in [3.05, 3.63) is 83.6 Å². The number of carbonyl (C=O) groups is 1. The number of sulfonamides is 1. The van der Waals surface area contributed by atoms with Crippen molar-refractivity contribution >= 4 is 32.5 Å². The van der Waals surface area contributed by atoms with Crippen molar-refractivity contribution < 1.29 is 22.7 Å². The van der Waals surface area contributed by atoms with Gasteiger partial charge in [-0.2, -0.15) is 0 Å². The van der Waals surface area contributed by atoms with Crippen LogP contribution in [0.4, 0.5) is 5.69 Å². The molecule has 0 spiro atoms. The van der Waals surface area contributed by atoms with Gasteiger partial charge in [-0.15, -0.1) is 0 Å². The Labute approximate surface area is 202 Å². The molecule has 1 aromatic heterocycles. The first kappa shape index (κ1) is 21.5. The molecule has 3 aromatic carbocycles. The summed E-state index contributed by atoms with van der Waals surface area (Å²) in [6.45, 7) is 1.89. The number of para-hydroxylation sites is 1. The molecule has 0 aliphatic carbocycles. The highest BCUT2D eigenvalue weighted by molar-refractivity contribution is 7.92. The zero-order valence-corrected chi connectivity index (χ0v) is 19.6. The zero-order valence-electron chi connectivity index (χ0n) is 18.8. The van der Waals surface area contributed by atoms with Crippen molar-refractivity contribution in [3.8, 4) is 11.5 Å². The molecule has 0 bridgehead atoms. The van der Waals surface area contributed by atoms with E-state index in [0.29, 0.717) is 49.1 Å². The van der Waals surface area contributed by atoms with Gasteiger partial charge in [-0.25, -0.2) is 8.42 Å². The van der Waals surface area contributed by atoms with E-state index in [1.165, 1.54) is 12.1 Å². The second kappa shape index (κ2) is 8.35. The van der Waals surface area contributed by atoms with Crippen LogP contribution in [0.5, 0.6) is 11.5 Å². The summed E-state index contributed by atoms with van der Waals surface area (Å²) in [7, 11) is -3.89. The lowest BCUT2D eigenvalue weighted by Gasteiger charge is -2.27. The van der Waals surface area contributed by atoms with E-state index in [9.17, 15) is 13.2 Å². The summed E-state index contributed by atoms with van der Waals surface area (Å²) >= 11 is 0. The number of benzene rings is 3. The molecule has 178 valence electrons. The average Bonchev–Trinajstić information content (AvgIpc) is 3.26. The Bertz CT molecular complexity index is 1560. The number of fused-ring (bicyclic) bond motifs is 4. The summed E-state index contributed by atoms with van der Waals surface area (Å²) in [6.07, 6.45) is 0.742. The highest BCUT2D eigenvalue weighted by Gasteiger charge is 2.25. The Hall–Kier alpha value is -3.98. The molecule has 2 aliphatic heterocycles. The van der Waals surface area contributed by atoms with Crippen molar-refractivity contribution in [3.63, 3.8) is 0 Å². The van der Waals surface area contributed by atoms with E-state index in [4.69, 9.17) is 9.47 Å². The largest absolute Gasteiger partial charge is 0.486 e. The lowest BCUT2D eigenvalue weighted by atomic mass is 10.0. The van der Waals surface area contributed by atoms with Crippen LogP contribution >= 0.6 is 0 Å². The number of H-pyrrole nitrogens is 1. The van der Waals surface area contributed by atoms with E-state index < -0.39 is 10.0 Å². The normalized spacial score (nSPS) is 15.0. The molecule has 4 aromatic rings. The fourth-order valence-electron chi connectivity index (χ4n) is 4.64. The smallest absolute Gasteiger partial charge is 0.262 e. The minimum Gasteiger partial charge on any atom is -0.486 e. The van der Waals surface area contributed by atoms with Gasteiger partial charge in [0.2, 0.25) is 0 Å². The van der Waals surface area contributed by atoms with Crippen LogP contribution in [0.1, 0.15) is 21.6 Å². The van der Waals surface area contributed by atoms with E-state index in [0.717, 1.165) is 28.6 Å². The lowest BCUT2D eigenvalue weighted by Crippen LogP contribution is -2.35. The van der Waals surface area contributed by atoms with Crippen molar-refractivity contribution in [1.82, 2.24) is 9.88 Å². The maximum absolute atomic E-state index is 13.3. The standard InChI is InChI=1S/C26H23N3O5S/c30-26(29-11-10-23-21(16-29)20-6-1-2-7-22(20)27-23)17-4-3-5-18(14-17)28-35(31,32)19-8-9-24-25(15-19)34-13-12-33-24/h1-9,14-15,27-28H,10-13,16H2. The highest BCUT2D eigenvalue weighted by Crippen LogP contribution is 2.33. The van der Waals surface area contributed by atoms with Crippen molar-refractivity contribution in [2.24, 2.45) is 0 Å². The molecule has 0 saturated carbocycles. The van der Waals surface area contributed by atoms with Gasteiger partial charge < -0.3 is 19.4 Å². The minimum atomic E-state index is -3.89. The summed E-state index contributed by atoms with van der Waals surface area (Å²) < 4.78 is 39.5. The Balaban J connectivity index is 1.22. The van der Waals surface area contributed by atoms with Crippen LogP contribution in [0.3, 0.4) is 0 Å². The molecule has 6 rings (SSSR count). The number of rotatable bonds is 4. The molecule has 2 N–H and O–H groups in total.